The third-order valence-electron chi connectivity index (χ3n) is 3.52. The van der Waals surface area contributed by atoms with Gasteiger partial charge in [-0.1, -0.05) is 38.1 Å². The summed E-state index contributed by atoms with van der Waals surface area (Å²) in [5, 5.41) is 6.07. The zero-order valence-corrected chi connectivity index (χ0v) is 14.7. The Morgan fingerprint density at radius 3 is 2.68 bits per heavy atom. The van der Waals surface area contributed by atoms with Gasteiger partial charge in [-0.3, -0.25) is 9.78 Å². The zero-order chi connectivity index (χ0) is 18.1. The van der Waals surface area contributed by atoms with Gasteiger partial charge < -0.3 is 15.4 Å². The summed E-state index contributed by atoms with van der Waals surface area (Å²) in [6.45, 7) is 4.00. The normalized spacial score (nSPS) is 14.8. The first-order valence-corrected chi connectivity index (χ1v) is 8.28. The van der Waals surface area contributed by atoms with Crippen LogP contribution in [0.2, 0.25) is 0 Å². The summed E-state index contributed by atoms with van der Waals surface area (Å²) in [6, 6.07) is 10.7. The van der Waals surface area contributed by atoms with Crippen molar-refractivity contribution in [1.29, 1.82) is 0 Å². The van der Waals surface area contributed by atoms with E-state index in [1.165, 1.54) is 0 Å². The van der Waals surface area contributed by atoms with E-state index in [1.54, 1.807) is 37.6 Å². The van der Waals surface area contributed by atoms with Crippen molar-refractivity contribution in [2.45, 2.75) is 19.9 Å². The number of ether oxygens (including phenoxy) is 1. The van der Waals surface area contributed by atoms with Crippen LogP contribution < -0.4 is 15.4 Å². The van der Waals surface area contributed by atoms with Crippen LogP contribution >= 0.6 is 0 Å². The molecule has 0 saturated carbocycles. The van der Waals surface area contributed by atoms with Crippen LogP contribution in [0, 0.1) is 0 Å². The summed E-state index contributed by atoms with van der Waals surface area (Å²) >= 11 is 0. The van der Waals surface area contributed by atoms with Gasteiger partial charge in [-0.15, -0.1) is 0 Å². The van der Waals surface area contributed by atoms with Gasteiger partial charge >= 0.3 is 0 Å². The van der Waals surface area contributed by atoms with Crippen molar-refractivity contribution >= 4 is 11.6 Å². The summed E-state index contributed by atoms with van der Waals surface area (Å²) in [6.07, 6.45) is 9.30. The Hall–Kier alpha value is -3.08. The van der Waals surface area contributed by atoms with Gasteiger partial charge in [-0.25, -0.2) is 0 Å². The summed E-state index contributed by atoms with van der Waals surface area (Å²) < 4.78 is 5.27. The van der Waals surface area contributed by atoms with Crippen LogP contribution in [-0.2, 0) is 0 Å². The molecule has 3 rings (SSSR count). The number of hydrogen-bond donors (Lipinski definition) is 2. The highest BCUT2D eigenvalue weighted by molar-refractivity contribution is 6.05. The second-order valence-corrected chi connectivity index (χ2v) is 4.98. The Labute approximate surface area is 148 Å². The number of benzene rings is 1. The number of methoxy groups -OCH3 is 1. The molecule has 1 aliphatic heterocycles. The molecule has 2 aromatic rings. The molecule has 0 spiro atoms. The number of allylic oxidation sites excluding steroid dienone is 2. The molecule has 2 heterocycles. The van der Waals surface area contributed by atoms with Crippen LogP contribution in [0.1, 0.15) is 35.9 Å². The zero-order valence-electron chi connectivity index (χ0n) is 14.7. The summed E-state index contributed by atoms with van der Waals surface area (Å²) in [7, 11) is 1.57. The highest BCUT2D eigenvalue weighted by Crippen LogP contribution is 2.25. The molecule has 5 heteroatoms. The van der Waals surface area contributed by atoms with Crippen LogP contribution in [-0.4, -0.2) is 18.0 Å². The van der Waals surface area contributed by atoms with Gasteiger partial charge in [-0.2, -0.15) is 0 Å². The number of anilines is 1. The lowest BCUT2D eigenvalue weighted by molar-refractivity contribution is 0.102. The molecular weight excluding hydrogens is 314 g/mol. The molecule has 1 atom stereocenters. The Bertz CT molecular complexity index is 769. The quantitative estimate of drug-likeness (QED) is 0.882. The number of nitrogens with one attached hydrogen (secondary N) is 2. The van der Waals surface area contributed by atoms with Gasteiger partial charge in [-0.05, 0) is 36.5 Å². The minimum atomic E-state index is -0.220. The van der Waals surface area contributed by atoms with Crippen molar-refractivity contribution < 1.29 is 9.53 Å². The summed E-state index contributed by atoms with van der Waals surface area (Å²) in [5.74, 6) is 0.396. The fraction of sp³-hybridized carbons (Fsp3) is 0.200. The van der Waals surface area contributed by atoms with E-state index in [0.29, 0.717) is 22.7 Å². The number of hydrogen-bond acceptors (Lipinski definition) is 4. The Morgan fingerprint density at radius 2 is 1.96 bits per heavy atom. The summed E-state index contributed by atoms with van der Waals surface area (Å²) in [5.41, 5.74) is 1.83. The molecular formula is C20H23N3O2. The largest absolute Gasteiger partial charge is 0.495 e. The van der Waals surface area contributed by atoms with Crippen molar-refractivity contribution in [3.8, 4) is 5.75 Å². The predicted molar refractivity (Wildman–Crippen MR) is 101 cm³/mol. The number of nitrogens with zero attached hydrogens (tertiary/aromatic N) is 1. The minimum Gasteiger partial charge on any atom is -0.495 e. The number of carbonyl (C=O) groups excluding carboxylic acids is 1. The third-order valence-corrected chi connectivity index (χ3v) is 3.52. The van der Waals surface area contributed by atoms with E-state index in [0.717, 1.165) is 0 Å². The molecule has 0 saturated heterocycles. The maximum atomic E-state index is 12.7. The number of para-hydroxylation sites is 2. The topological polar surface area (TPSA) is 63.2 Å². The molecule has 0 fully saturated rings. The van der Waals surface area contributed by atoms with Crippen LogP contribution in [0.3, 0.4) is 0 Å². The summed E-state index contributed by atoms with van der Waals surface area (Å²) in [4.78, 5) is 17.0. The molecule has 1 unspecified atom stereocenters. The van der Waals surface area contributed by atoms with Crippen molar-refractivity contribution in [2.75, 3.05) is 12.4 Å². The SMILES string of the molecule is CC.COc1ccccc1NC(=O)c1cccnc1C1C=CC=CN1. The first kappa shape index (κ1) is 18.3. The second kappa shape index (κ2) is 9.27. The third kappa shape index (κ3) is 4.47. The minimum absolute atomic E-state index is 0.125. The molecule has 0 bridgehead atoms. The van der Waals surface area contributed by atoms with Crippen molar-refractivity contribution in [1.82, 2.24) is 10.3 Å². The van der Waals surface area contributed by atoms with Gasteiger partial charge in [0.15, 0.2) is 0 Å². The Balaban J connectivity index is 0.00000109. The van der Waals surface area contributed by atoms with E-state index in [4.69, 9.17) is 4.74 Å². The fourth-order valence-electron chi connectivity index (χ4n) is 2.41. The van der Waals surface area contributed by atoms with Crippen LogP contribution in [0.15, 0.2) is 67.0 Å². The van der Waals surface area contributed by atoms with E-state index in [9.17, 15) is 4.79 Å². The number of pyridine rings is 1. The molecule has 2 N–H and O–H groups in total. The highest BCUT2D eigenvalue weighted by Gasteiger charge is 2.19. The maximum absolute atomic E-state index is 12.7. The Morgan fingerprint density at radius 1 is 1.16 bits per heavy atom. The van der Waals surface area contributed by atoms with E-state index >= 15 is 0 Å². The number of carbonyl (C=O) groups is 1. The average molecular weight is 337 g/mol. The van der Waals surface area contributed by atoms with Crippen molar-refractivity contribution in [3.05, 3.63) is 78.3 Å². The standard InChI is InChI=1S/C18H17N3O2.C2H6/c1-23-16-10-3-2-8-14(16)21-18(22)13-7-6-12-20-17(13)15-9-4-5-11-19-15;1-2/h2-12,15,19H,1H3,(H,21,22);1-2H3. The monoisotopic (exact) mass is 337 g/mol. The molecule has 0 aliphatic carbocycles. The smallest absolute Gasteiger partial charge is 0.257 e. The van der Waals surface area contributed by atoms with Gasteiger partial charge in [0.2, 0.25) is 0 Å². The van der Waals surface area contributed by atoms with Crippen LogP contribution in [0.25, 0.3) is 0 Å². The number of amides is 1. The van der Waals surface area contributed by atoms with Crippen molar-refractivity contribution in [3.63, 3.8) is 0 Å². The van der Waals surface area contributed by atoms with Crippen molar-refractivity contribution in [2.24, 2.45) is 0 Å². The van der Waals surface area contributed by atoms with Gasteiger partial charge in [0.1, 0.15) is 5.75 Å². The van der Waals surface area contributed by atoms with Gasteiger partial charge in [0.05, 0.1) is 30.1 Å². The molecule has 25 heavy (non-hydrogen) atoms. The van der Waals surface area contributed by atoms with E-state index in [-0.39, 0.29) is 11.9 Å². The lowest BCUT2D eigenvalue weighted by atomic mass is 10.0. The predicted octanol–water partition coefficient (Wildman–Crippen LogP) is 4.08. The van der Waals surface area contributed by atoms with Gasteiger partial charge in [0.25, 0.3) is 5.91 Å². The van der Waals surface area contributed by atoms with Gasteiger partial charge in [0, 0.05) is 6.20 Å². The molecule has 1 aromatic carbocycles. The first-order valence-electron chi connectivity index (χ1n) is 8.28. The lowest BCUT2D eigenvalue weighted by Gasteiger charge is -2.18. The molecule has 1 aromatic heterocycles. The molecule has 0 radical (unpaired) electrons. The van der Waals surface area contributed by atoms with Crippen LogP contribution in [0.4, 0.5) is 5.69 Å². The maximum Gasteiger partial charge on any atom is 0.257 e. The lowest BCUT2D eigenvalue weighted by Crippen LogP contribution is -2.22. The molecule has 1 amide bonds. The number of rotatable bonds is 4. The van der Waals surface area contributed by atoms with Crippen LogP contribution in [0.5, 0.6) is 5.75 Å². The molecule has 5 nitrogen and oxygen atoms in total. The second-order valence-electron chi connectivity index (χ2n) is 4.98. The number of aromatic nitrogens is 1. The fourth-order valence-corrected chi connectivity index (χ4v) is 2.41. The van der Waals surface area contributed by atoms with E-state index in [2.05, 4.69) is 15.6 Å². The first-order chi connectivity index (χ1) is 12.3. The Kier molecular flexibility index (Phi) is 6.77. The van der Waals surface area contributed by atoms with E-state index < -0.39 is 0 Å². The molecule has 130 valence electrons. The molecule has 1 aliphatic rings. The van der Waals surface area contributed by atoms with E-state index in [1.807, 2.05) is 50.4 Å². The average Bonchev–Trinajstić information content (AvgIpc) is 2.70. The number of dihydropyridines is 1. The highest BCUT2D eigenvalue weighted by atomic mass is 16.5.